The van der Waals surface area contributed by atoms with Crippen LogP contribution in [0.4, 0.5) is 0 Å². The molecule has 31 heavy (non-hydrogen) atoms. The third-order valence-electron chi connectivity index (χ3n) is 6.36. The van der Waals surface area contributed by atoms with Gasteiger partial charge < -0.3 is 4.52 Å². The number of rotatable bonds is 6. The highest BCUT2D eigenvalue weighted by Gasteiger charge is 2.21. The summed E-state index contributed by atoms with van der Waals surface area (Å²) in [5, 5.41) is 16.2. The molecule has 4 aromatic rings. The smallest absolute Gasteiger partial charge is 0.178 e. The van der Waals surface area contributed by atoms with Crippen LogP contribution in [0.25, 0.3) is 21.7 Å². The molecule has 2 aromatic carbocycles. The van der Waals surface area contributed by atoms with Crippen molar-refractivity contribution < 1.29 is 9.32 Å². The van der Waals surface area contributed by atoms with Gasteiger partial charge in [-0.15, -0.1) is 11.3 Å². The highest BCUT2D eigenvalue weighted by Crippen LogP contribution is 2.31. The average molecular weight is 430 g/mol. The molecule has 3 heterocycles. The highest BCUT2D eigenvalue weighted by molar-refractivity contribution is 7.12. The van der Waals surface area contributed by atoms with Crippen LogP contribution in [0.1, 0.15) is 45.1 Å². The van der Waals surface area contributed by atoms with Gasteiger partial charge in [-0.1, -0.05) is 29.4 Å². The Kier molecular flexibility index (Phi) is 5.54. The van der Waals surface area contributed by atoms with Crippen molar-refractivity contribution >= 4 is 39.4 Å². The molecule has 0 bridgehead atoms. The Morgan fingerprint density at radius 3 is 2.81 bits per heavy atom. The van der Waals surface area contributed by atoms with Gasteiger partial charge in [0.1, 0.15) is 10.9 Å². The van der Waals surface area contributed by atoms with E-state index in [0.29, 0.717) is 17.1 Å². The van der Waals surface area contributed by atoms with E-state index in [1.54, 1.807) is 11.3 Å². The maximum Gasteiger partial charge on any atom is 0.178 e. The van der Waals surface area contributed by atoms with Crippen LogP contribution in [0.2, 0.25) is 0 Å². The molecule has 5 rings (SSSR count). The van der Waals surface area contributed by atoms with Crippen LogP contribution in [-0.2, 0) is 13.0 Å². The van der Waals surface area contributed by atoms with Gasteiger partial charge in [0, 0.05) is 16.8 Å². The number of hydrogen-bond acceptors (Lipinski definition) is 6. The number of thiophene rings is 1. The number of aromatic nitrogens is 1. The first kappa shape index (κ1) is 19.9. The Bertz CT molecular complexity index is 1280. The molecule has 1 aliphatic heterocycles. The van der Waals surface area contributed by atoms with E-state index in [2.05, 4.69) is 28.3 Å². The maximum absolute atomic E-state index is 11.7. The quantitative estimate of drug-likeness (QED) is 0.375. The number of aryl methyl sites for hydroxylation is 1. The van der Waals surface area contributed by atoms with Gasteiger partial charge in [-0.3, -0.25) is 9.69 Å². The fraction of sp³-hybridized carbons (Fsp3) is 0.320. The average Bonchev–Trinajstić information content (AvgIpc) is 3.43. The zero-order valence-electron chi connectivity index (χ0n) is 17.2. The fourth-order valence-corrected chi connectivity index (χ4v) is 5.48. The number of fused-ring (bicyclic) bond motifs is 2. The van der Waals surface area contributed by atoms with E-state index in [0.717, 1.165) is 65.5 Å². The lowest BCUT2D eigenvalue weighted by Crippen LogP contribution is -2.33. The van der Waals surface area contributed by atoms with Gasteiger partial charge in [-0.2, -0.15) is 5.26 Å². The molecule has 0 amide bonds. The van der Waals surface area contributed by atoms with Crippen molar-refractivity contribution in [2.75, 3.05) is 13.1 Å². The second-order valence-corrected chi connectivity index (χ2v) is 9.44. The second-order valence-electron chi connectivity index (χ2n) is 8.27. The molecule has 0 spiro atoms. The zero-order valence-corrected chi connectivity index (χ0v) is 18.0. The number of likely N-dealkylation sites (tertiary alicyclic amines) is 1. The van der Waals surface area contributed by atoms with Crippen molar-refractivity contribution in [3.8, 4) is 6.07 Å². The van der Waals surface area contributed by atoms with Gasteiger partial charge in [0.25, 0.3) is 0 Å². The van der Waals surface area contributed by atoms with Crippen molar-refractivity contribution in [2.24, 2.45) is 5.92 Å². The third-order valence-corrected chi connectivity index (χ3v) is 7.34. The fourth-order valence-electron chi connectivity index (χ4n) is 4.63. The van der Waals surface area contributed by atoms with Crippen LogP contribution in [0.15, 0.2) is 47.0 Å². The minimum absolute atomic E-state index is 0.591. The number of hydrogen-bond donors (Lipinski definition) is 0. The molecule has 1 aliphatic rings. The highest BCUT2D eigenvalue weighted by atomic mass is 32.1. The van der Waals surface area contributed by atoms with E-state index >= 15 is 0 Å². The van der Waals surface area contributed by atoms with Crippen LogP contribution in [0, 0.1) is 17.2 Å². The number of benzene rings is 2. The SMILES string of the molecule is N#Cc1ccc(CN2CCC(CCc3noc4c(C=O)c5ccccc5cc34)CC2)s1. The summed E-state index contributed by atoms with van der Waals surface area (Å²) in [6, 6.07) is 16.2. The maximum atomic E-state index is 11.7. The van der Waals surface area contributed by atoms with E-state index < -0.39 is 0 Å². The summed E-state index contributed by atoms with van der Waals surface area (Å²) >= 11 is 1.59. The van der Waals surface area contributed by atoms with Crippen molar-refractivity contribution in [1.82, 2.24) is 10.1 Å². The molecule has 0 saturated carbocycles. The molecule has 0 unspecified atom stereocenters. The molecule has 0 atom stereocenters. The van der Waals surface area contributed by atoms with Crippen LogP contribution in [-0.4, -0.2) is 29.4 Å². The Hall–Kier alpha value is -3.01. The molecular formula is C25H23N3O2S. The normalized spacial score (nSPS) is 15.5. The monoisotopic (exact) mass is 429 g/mol. The Morgan fingerprint density at radius 2 is 2.03 bits per heavy atom. The minimum atomic E-state index is 0.591. The largest absolute Gasteiger partial charge is 0.355 e. The van der Waals surface area contributed by atoms with Crippen LogP contribution in [0.3, 0.4) is 0 Å². The summed E-state index contributed by atoms with van der Waals surface area (Å²) in [5.41, 5.74) is 2.15. The number of nitrogens with zero attached hydrogens (tertiary/aromatic N) is 3. The third kappa shape index (κ3) is 3.99. The van der Waals surface area contributed by atoms with Gasteiger partial charge in [-0.25, -0.2) is 0 Å². The first-order chi connectivity index (χ1) is 15.2. The summed E-state index contributed by atoms with van der Waals surface area (Å²) in [7, 11) is 0. The molecule has 1 fully saturated rings. The number of piperidine rings is 1. The van der Waals surface area contributed by atoms with E-state index in [4.69, 9.17) is 9.78 Å². The molecule has 0 N–H and O–H groups in total. The predicted molar refractivity (Wildman–Crippen MR) is 122 cm³/mol. The van der Waals surface area contributed by atoms with Gasteiger partial charge >= 0.3 is 0 Å². The molecule has 2 aromatic heterocycles. The van der Waals surface area contributed by atoms with E-state index in [1.165, 1.54) is 17.7 Å². The standard InChI is InChI=1S/C25H23N3O2S/c26-14-19-6-7-20(31-19)15-28-11-9-17(10-12-28)5-8-24-22-13-18-3-1-2-4-21(18)23(16-29)25(22)30-27-24/h1-4,6-7,13,16-17H,5,8-12,15H2. The molecule has 5 nitrogen and oxygen atoms in total. The number of nitriles is 1. The lowest BCUT2D eigenvalue weighted by molar-refractivity contribution is 0.112. The van der Waals surface area contributed by atoms with Crippen molar-refractivity contribution in [2.45, 2.75) is 32.2 Å². The van der Waals surface area contributed by atoms with Gasteiger partial charge in [0.2, 0.25) is 0 Å². The molecule has 1 saturated heterocycles. The van der Waals surface area contributed by atoms with E-state index in [-0.39, 0.29) is 0 Å². The molecule has 6 heteroatoms. The summed E-state index contributed by atoms with van der Waals surface area (Å²) in [5.74, 6) is 0.673. The number of carbonyl (C=O) groups excluding carboxylic acids is 1. The van der Waals surface area contributed by atoms with Crippen LogP contribution < -0.4 is 0 Å². The Balaban J connectivity index is 1.23. The second kappa shape index (κ2) is 8.62. The number of carbonyl (C=O) groups is 1. The van der Waals surface area contributed by atoms with Crippen LogP contribution >= 0.6 is 11.3 Å². The first-order valence-electron chi connectivity index (χ1n) is 10.7. The Morgan fingerprint density at radius 1 is 1.19 bits per heavy atom. The van der Waals surface area contributed by atoms with Crippen molar-refractivity contribution in [3.05, 3.63) is 63.5 Å². The van der Waals surface area contributed by atoms with Gasteiger partial charge in [0.05, 0.1) is 11.3 Å². The topological polar surface area (TPSA) is 70.1 Å². The molecule has 0 aliphatic carbocycles. The predicted octanol–water partition coefficient (Wildman–Crippen LogP) is 5.57. The van der Waals surface area contributed by atoms with Crippen molar-refractivity contribution in [3.63, 3.8) is 0 Å². The zero-order chi connectivity index (χ0) is 21.2. The van der Waals surface area contributed by atoms with E-state index in [9.17, 15) is 4.79 Å². The first-order valence-corrected chi connectivity index (χ1v) is 11.5. The Labute approximate surface area is 184 Å². The van der Waals surface area contributed by atoms with Crippen molar-refractivity contribution in [1.29, 1.82) is 5.26 Å². The lowest BCUT2D eigenvalue weighted by Gasteiger charge is -2.31. The van der Waals surface area contributed by atoms with Gasteiger partial charge in [0.15, 0.2) is 11.9 Å². The summed E-state index contributed by atoms with van der Waals surface area (Å²) < 4.78 is 5.60. The molecule has 156 valence electrons. The summed E-state index contributed by atoms with van der Waals surface area (Å²) in [4.78, 5) is 16.3. The van der Waals surface area contributed by atoms with Crippen LogP contribution in [0.5, 0.6) is 0 Å². The van der Waals surface area contributed by atoms with E-state index in [1.807, 2.05) is 30.3 Å². The molecular weight excluding hydrogens is 406 g/mol. The molecule has 0 radical (unpaired) electrons. The minimum Gasteiger partial charge on any atom is -0.355 e. The summed E-state index contributed by atoms with van der Waals surface area (Å²) in [6.07, 6.45) is 5.17. The lowest BCUT2D eigenvalue weighted by atomic mass is 9.91. The number of aldehydes is 1. The van der Waals surface area contributed by atoms with Gasteiger partial charge in [-0.05, 0) is 73.7 Å². The summed E-state index contributed by atoms with van der Waals surface area (Å²) in [6.45, 7) is 3.11.